The standard InChI is InChI=1S/C26H22N2O8S2/c1-34-20-15-17-23(18-16-20)37(30,31)35-21-13-11-19(12-14-21)27-26(29)28-24-9-5-6-10-25(24)36-38(32,33)22-7-3-2-4-8-22/h2-18H,1H3,(H2,27,28,29). The second-order valence-corrected chi connectivity index (χ2v) is 10.8. The SMILES string of the molecule is COc1ccc(S(=O)(=O)Oc2ccc(NC(=O)Nc3ccccc3OS(=O)(=O)c3ccccc3)cc2)cc1. The van der Waals surface area contributed by atoms with Gasteiger partial charge in [-0.2, -0.15) is 16.8 Å². The van der Waals surface area contributed by atoms with E-state index in [4.69, 9.17) is 13.1 Å². The number of para-hydroxylation sites is 2. The Kier molecular flexibility index (Phi) is 7.84. The zero-order chi connectivity index (χ0) is 27.2. The van der Waals surface area contributed by atoms with Gasteiger partial charge in [0.15, 0.2) is 5.75 Å². The number of ether oxygens (including phenoxy) is 1. The molecule has 0 fully saturated rings. The van der Waals surface area contributed by atoms with Crippen LogP contribution >= 0.6 is 0 Å². The summed E-state index contributed by atoms with van der Waals surface area (Å²) in [5, 5.41) is 5.11. The highest BCUT2D eigenvalue weighted by Gasteiger charge is 2.19. The minimum Gasteiger partial charge on any atom is -0.497 e. The summed E-state index contributed by atoms with van der Waals surface area (Å²) in [5.74, 6) is 0.472. The van der Waals surface area contributed by atoms with Gasteiger partial charge in [0.2, 0.25) is 0 Å². The predicted octanol–water partition coefficient (Wildman–Crippen LogP) is 4.87. The highest BCUT2D eigenvalue weighted by atomic mass is 32.2. The second kappa shape index (κ2) is 11.2. The second-order valence-electron chi connectivity index (χ2n) is 7.66. The minimum absolute atomic E-state index is 0.0319. The van der Waals surface area contributed by atoms with Crippen molar-refractivity contribution in [3.63, 3.8) is 0 Å². The third kappa shape index (κ3) is 6.60. The van der Waals surface area contributed by atoms with Gasteiger partial charge in [-0.3, -0.25) is 0 Å². The summed E-state index contributed by atoms with van der Waals surface area (Å²) in [6.07, 6.45) is 0. The van der Waals surface area contributed by atoms with Gasteiger partial charge in [0.25, 0.3) is 0 Å². The summed E-state index contributed by atoms with van der Waals surface area (Å²) in [6, 6.07) is 24.4. The van der Waals surface area contributed by atoms with E-state index in [-0.39, 0.29) is 27.0 Å². The normalized spacial score (nSPS) is 11.3. The summed E-state index contributed by atoms with van der Waals surface area (Å²) in [4.78, 5) is 12.5. The number of nitrogens with one attached hydrogen (secondary N) is 2. The zero-order valence-corrected chi connectivity index (χ0v) is 21.5. The number of urea groups is 1. The molecule has 2 N–H and O–H groups in total. The molecule has 0 heterocycles. The Morgan fingerprint density at radius 3 is 1.82 bits per heavy atom. The quantitative estimate of drug-likeness (QED) is 0.280. The van der Waals surface area contributed by atoms with Crippen LogP contribution in [-0.2, 0) is 20.2 Å². The summed E-state index contributed by atoms with van der Waals surface area (Å²) >= 11 is 0. The average molecular weight is 555 g/mol. The Bertz CT molecular complexity index is 1620. The van der Waals surface area contributed by atoms with Crippen LogP contribution in [0.4, 0.5) is 16.2 Å². The van der Waals surface area contributed by atoms with Crippen LogP contribution in [0.1, 0.15) is 0 Å². The molecule has 0 bridgehead atoms. The predicted molar refractivity (Wildman–Crippen MR) is 141 cm³/mol. The summed E-state index contributed by atoms with van der Waals surface area (Å²) in [6.45, 7) is 0. The van der Waals surface area contributed by atoms with Crippen molar-refractivity contribution in [3.8, 4) is 17.2 Å². The van der Waals surface area contributed by atoms with Gasteiger partial charge < -0.3 is 23.7 Å². The minimum atomic E-state index is -4.11. The maximum Gasteiger partial charge on any atom is 0.339 e. The van der Waals surface area contributed by atoms with Crippen LogP contribution in [0.2, 0.25) is 0 Å². The molecular formula is C26H22N2O8S2. The van der Waals surface area contributed by atoms with Gasteiger partial charge >= 0.3 is 26.3 Å². The number of carbonyl (C=O) groups is 1. The lowest BCUT2D eigenvalue weighted by Crippen LogP contribution is -2.20. The smallest absolute Gasteiger partial charge is 0.339 e. The molecule has 0 aliphatic rings. The van der Waals surface area contributed by atoms with E-state index in [1.54, 1.807) is 30.3 Å². The molecule has 0 aromatic heterocycles. The molecule has 0 saturated heterocycles. The van der Waals surface area contributed by atoms with Crippen LogP contribution in [0.15, 0.2) is 113 Å². The molecule has 0 unspecified atom stereocenters. The van der Waals surface area contributed by atoms with Crippen molar-refractivity contribution in [2.45, 2.75) is 9.79 Å². The van der Waals surface area contributed by atoms with Gasteiger partial charge in [-0.15, -0.1) is 0 Å². The number of rotatable bonds is 9. The van der Waals surface area contributed by atoms with Crippen LogP contribution in [0.5, 0.6) is 17.2 Å². The lowest BCUT2D eigenvalue weighted by molar-refractivity contribution is 0.262. The molecule has 0 spiro atoms. The van der Waals surface area contributed by atoms with Gasteiger partial charge in [0, 0.05) is 5.69 Å². The van der Waals surface area contributed by atoms with Gasteiger partial charge in [-0.05, 0) is 72.8 Å². The molecule has 0 atom stereocenters. The molecule has 38 heavy (non-hydrogen) atoms. The summed E-state index contributed by atoms with van der Waals surface area (Å²) in [5.41, 5.74) is 0.446. The molecule has 196 valence electrons. The Morgan fingerprint density at radius 1 is 0.605 bits per heavy atom. The van der Waals surface area contributed by atoms with E-state index in [9.17, 15) is 21.6 Å². The van der Waals surface area contributed by atoms with E-state index in [1.807, 2.05) is 0 Å². The molecule has 12 heteroatoms. The van der Waals surface area contributed by atoms with Crippen molar-refractivity contribution in [1.29, 1.82) is 0 Å². The first-order chi connectivity index (χ1) is 18.2. The molecule has 4 rings (SSSR count). The Morgan fingerprint density at radius 2 is 1.16 bits per heavy atom. The van der Waals surface area contributed by atoms with Gasteiger partial charge in [0.05, 0.1) is 12.8 Å². The van der Waals surface area contributed by atoms with Crippen molar-refractivity contribution < 1.29 is 34.7 Å². The zero-order valence-electron chi connectivity index (χ0n) is 19.9. The lowest BCUT2D eigenvalue weighted by atomic mass is 10.3. The third-order valence-corrected chi connectivity index (χ3v) is 7.54. The molecule has 0 aliphatic heterocycles. The number of carbonyl (C=O) groups excluding carboxylic acids is 1. The number of hydrogen-bond acceptors (Lipinski definition) is 8. The van der Waals surface area contributed by atoms with Crippen molar-refractivity contribution in [1.82, 2.24) is 0 Å². The molecule has 4 aromatic carbocycles. The summed E-state index contributed by atoms with van der Waals surface area (Å²) in [7, 11) is -6.72. The van der Waals surface area contributed by atoms with Crippen LogP contribution in [0, 0.1) is 0 Å². The maximum absolute atomic E-state index is 12.6. The molecule has 4 aromatic rings. The van der Waals surface area contributed by atoms with Crippen molar-refractivity contribution in [2.24, 2.45) is 0 Å². The van der Waals surface area contributed by atoms with Crippen LogP contribution in [0.3, 0.4) is 0 Å². The van der Waals surface area contributed by atoms with Crippen LogP contribution in [-0.4, -0.2) is 30.0 Å². The largest absolute Gasteiger partial charge is 0.497 e. The Labute approximate surface area is 220 Å². The highest BCUT2D eigenvalue weighted by Crippen LogP contribution is 2.28. The monoisotopic (exact) mass is 554 g/mol. The van der Waals surface area contributed by atoms with E-state index >= 15 is 0 Å². The first-order valence-electron chi connectivity index (χ1n) is 11.0. The first kappa shape index (κ1) is 26.5. The van der Waals surface area contributed by atoms with E-state index < -0.39 is 26.3 Å². The maximum atomic E-state index is 12.6. The number of hydrogen-bond donors (Lipinski definition) is 2. The number of benzene rings is 4. The Balaban J connectivity index is 1.40. The fourth-order valence-corrected chi connectivity index (χ4v) is 5.09. The van der Waals surface area contributed by atoms with E-state index in [0.29, 0.717) is 11.4 Å². The van der Waals surface area contributed by atoms with Gasteiger partial charge in [-0.25, -0.2) is 4.79 Å². The number of anilines is 2. The molecular weight excluding hydrogens is 532 g/mol. The fourth-order valence-electron chi connectivity index (χ4n) is 3.19. The summed E-state index contributed by atoms with van der Waals surface area (Å²) < 4.78 is 65.5. The molecule has 2 amide bonds. The van der Waals surface area contributed by atoms with Gasteiger partial charge in [0.1, 0.15) is 21.3 Å². The fraction of sp³-hybridized carbons (Fsp3) is 0.0385. The topological polar surface area (TPSA) is 137 Å². The van der Waals surface area contributed by atoms with E-state index in [0.717, 1.165) is 0 Å². The van der Waals surface area contributed by atoms with Crippen LogP contribution < -0.4 is 23.7 Å². The highest BCUT2D eigenvalue weighted by molar-refractivity contribution is 7.87. The van der Waals surface area contributed by atoms with E-state index in [2.05, 4.69) is 10.6 Å². The lowest BCUT2D eigenvalue weighted by Gasteiger charge is -2.13. The number of amides is 2. The number of methoxy groups -OCH3 is 1. The van der Waals surface area contributed by atoms with Crippen molar-refractivity contribution in [2.75, 3.05) is 17.7 Å². The third-order valence-electron chi connectivity index (χ3n) is 5.03. The first-order valence-corrected chi connectivity index (χ1v) is 13.8. The molecule has 0 aliphatic carbocycles. The Hall–Kier alpha value is -4.55. The van der Waals surface area contributed by atoms with Crippen LogP contribution in [0.25, 0.3) is 0 Å². The molecule has 0 radical (unpaired) electrons. The molecule has 0 saturated carbocycles. The van der Waals surface area contributed by atoms with Crippen molar-refractivity contribution >= 4 is 37.6 Å². The van der Waals surface area contributed by atoms with E-state index in [1.165, 1.54) is 79.9 Å². The average Bonchev–Trinajstić information content (AvgIpc) is 2.91. The molecule has 10 nitrogen and oxygen atoms in total. The van der Waals surface area contributed by atoms with Gasteiger partial charge in [-0.1, -0.05) is 30.3 Å². The van der Waals surface area contributed by atoms with Crippen molar-refractivity contribution in [3.05, 3.63) is 103 Å².